The van der Waals surface area contributed by atoms with Gasteiger partial charge in [0.25, 0.3) is 0 Å². The summed E-state index contributed by atoms with van der Waals surface area (Å²) in [4.78, 5) is 15.5. The summed E-state index contributed by atoms with van der Waals surface area (Å²) in [5.74, 6) is 0. The summed E-state index contributed by atoms with van der Waals surface area (Å²) in [6.07, 6.45) is 1.86. The van der Waals surface area contributed by atoms with Crippen LogP contribution in [0.25, 0.3) is 33.0 Å². The van der Waals surface area contributed by atoms with Crippen molar-refractivity contribution in [2.75, 3.05) is 0 Å². The zero-order valence-electron chi connectivity index (χ0n) is 11.5. The van der Waals surface area contributed by atoms with Crippen LogP contribution in [0.1, 0.15) is 5.56 Å². The van der Waals surface area contributed by atoms with E-state index < -0.39 is 0 Å². The lowest BCUT2D eigenvalue weighted by Crippen LogP contribution is -2.02. The molecule has 0 aliphatic heterocycles. The van der Waals surface area contributed by atoms with E-state index in [0.717, 1.165) is 27.4 Å². The highest BCUT2D eigenvalue weighted by Gasteiger charge is 2.12. The Bertz CT molecular complexity index is 1020. The van der Waals surface area contributed by atoms with Crippen LogP contribution < -0.4 is 5.63 Å². The monoisotopic (exact) mass is 275 g/mol. The number of hydrogen-bond acceptors (Lipinski definition) is 2. The van der Waals surface area contributed by atoms with Crippen molar-refractivity contribution in [3.63, 3.8) is 0 Å². The smallest absolute Gasteiger partial charge is 0.344 e. The average molecular weight is 275 g/mol. The van der Waals surface area contributed by atoms with Gasteiger partial charge in [-0.2, -0.15) is 0 Å². The fourth-order valence-corrected chi connectivity index (χ4v) is 2.72. The van der Waals surface area contributed by atoms with Crippen molar-refractivity contribution in [3.05, 3.63) is 70.7 Å². The molecule has 4 aromatic rings. The average Bonchev–Trinajstić information content (AvgIpc) is 2.91. The van der Waals surface area contributed by atoms with E-state index in [1.165, 1.54) is 0 Å². The van der Waals surface area contributed by atoms with Gasteiger partial charge in [-0.3, -0.25) is 0 Å². The van der Waals surface area contributed by atoms with Crippen LogP contribution in [0.5, 0.6) is 0 Å². The number of nitrogens with one attached hydrogen (secondary N) is 1. The lowest BCUT2D eigenvalue weighted by atomic mass is 10.0. The molecule has 0 fully saturated rings. The van der Waals surface area contributed by atoms with E-state index in [1.54, 1.807) is 0 Å². The summed E-state index contributed by atoms with van der Waals surface area (Å²) in [7, 11) is 0. The van der Waals surface area contributed by atoms with Gasteiger partial charge in [0.05, 0.1) is 5.56 Å². The summed E-state index contributed by atoms with van der Waals surface area (Å²) in [6.45, 7) is 2.02. The predicted octanol–water partition coefficient (Wildman–Crippen LogP) is 4.25. The van der Waals surface area contributed by atoms with Crippen molar-refractivity contribution >= 4 is 21.9 Å². The first kappa shape index (κ1) is 12.0. The Balaban J connectivity index is 2.05. The molecule has 0 aliphatic carbocycles. The van der Waals surface area contributed by atoms with Crippen LogP contribution in [0.2, 0.25) is 0 Å². The van der Waals surface area contributed by atoms with E-state index in [0.29, 0.717) is 11.1 Å². The number of aromatic nitrogens is 1. The van der Waals surface area contributed by atoms with Crippen LogP contribution in [0.4, 0.5) is 0 Å². The molecule has 0 radical (unpaired) electrons. The van der Waals surface area contributed by atoms with Crippen molar-refractivity contribution in [2.45, 2.75) is 6.92 Å². The fraction of sp³-hybridized carbons (Fsp3) is 0.0556. The van der Waals surface area contributed by atoms with Gasteiger partial charge in [-0.05, 0) is 31.2 Å². The molecule has 0 saturated heterocycles. The first-order chi connectivity index (χ1) is 10.2. The van der Waals surface area contributed by atoms with Gasteiger partial charge in [-0.1, -0.05) is 29.8 Å². The number of hydrogen-bond donors (Lipinski definition) is 1. The van der Waals surface area contributed by atoms with E-state index in [4.69, 9.17) is 4.42 Å². The van der Waals surface area contributed by atoms with Crippen molar-refractivity contribution < 1.29 is 4.42 Å². The Morgan fingerprint density at radius 3 is 2.76 bits per heavy atom. The van der Waals surface area contributed by atoms with Crippen molar-refractivity contribution in [1.29, 1.82) is 0 Å². The largest absolute Gasteiger partial charge is 0.422 e. The molecule has 0 spiro atoms. The van der Waals surface area contributed by atoms with E-state index >= 15 is 0 Å². The first-order valence-electron chi connectivity index (χ1n) is 6.83. The summed E-state index contributed by atoms with van der Waals surface area (Å²) in [6, 6.07) is 15.6. The van der Waals surface area contributed by atoms with Crippen LogP contribution in [-0.2, 0) is 0 Å². The molecule has 2 heterocycles. The molecule has 0 aliphatic rings. The molecule has 4 rings (SSSR count). The quantitative estimate of drug-likeness (QED) is 0.528. The molecule has 0 atom stereocenters. The second kappa shape index (κ2) is 4.35. The SMILES string of the molecule is Cc1ccc2oc(=O)c(-c3c[nH]c4ccccc34)cc2c1. The number of aromatic amines is 1. The standard InChI is InChI=1S/C18H13NO2/c1-11-6-7-17-12(8-11)9-14(18(20)21-17)15-10-19-16-5-3-2-4-13(15)16/h2-10,19H,1H3. The van der Waals surface area contributed by atoms with Crippen molar-refractivity contribution in [3.8, 4) is 11.1 Å². The molecule has 3 nitrogen and oxygen atoms in total. The van der Waals surface area contributed by atoms with Gasteiger partial charge in [-0.25, -0.2) is 4.79 Å². The normalized spacial score (nSPS) is 11.3. The Kier molecular flexibility index (Phi) is 2.48. The van der Waals surface area contributed by atoms with Crippen LogP contribution in [0.15, 0.2) is 63.9 Å². The number of para-hydroxylation sites is 1. The Labute approximate surface area is 120 Å². The van der Waals surface area contributed by atoms with E-state index in [1.807, 2.05) is 61.7 Å². The summed E-state index contributed by atoms with van der Waals surface area (Å²) >= 11 is 0. The minimum Gasteiger partial charge on any atom is -0.422 e. The fourth-order valence-electron chi connectivity index (χ4n) is 2.72. The van der Waals surface area contributed by atoms with Gasteiger partial charge in [0.2, 0.25) is 0 Å². The number of benzene rings is 2. The van der Waals surface area contributed by atoms with Gasteiger partial charge in [0.1, 0.15) is 5.58 Å². The molecule has 1 N–H and O–H groups in total. The topological polar surface area (TPSA) is 46.0 Å². The second-order valence-electron chi connectivity index (χ2n) is 5.24. The highest BCUT2D eigenvalue weighted by molar-refractivity contribution is 5.96. The molecule has 0 amide bonds. The zero-order valence-corrected chi connectivity index (χ0v) is 11.5. The molecular weight excluding hydrogens is 262 g/mol. The third-order valence-corrected chi connectivity index (χ3v) is 3.77. The maximum Gasteiger partial charge on any atom is 0.344 e. The van der Waals surface area contributed by atoms with E-state index in [2.05, 4.69) is 4.98 Å². The summed E-state index contributed by atoms with van der Waals surface area (Å²) in [5.41, 5.74) is 3.93. The maximum absolute atomic E-state index is 12.3. The van der Waals surface area contributed by atoms with Crippen LogP contribution >= 0.6 is 0 Å². The van der Waals surface area contributed by atoms with Crippen molar-refractivity contribution in [1.82, 2.24) is 4.98 Å². The van der Waals surface area contributed by atoms with Crippen molar-refractivity contribution in [2.24, 2.45) is 0 Å². The molecule has 102 valence electrons. The van der Waals surface area contributed by atoms with E-state index in [-0.39, 0.29) is 5.63 Å². The van der Waals surface area contributed by atoms with E-state index in [9.17, 15) is 4.79 Å². The van der Waals surface area contributed by atoms with Gasteiger partial charge in [0, 0.05) is 28.0 Å². The molecule has 2 aromatic carbocycles. The zero-order chi connectivity index (χ0) is 14.4. The predicted molar refractivity (Wildman–Crippen MR) is 84.5 cm³/mol. The third kappa shape index (κ3) is 1.86. The maximum atomic E-state index is 12.3. The molecule has 2 aromatic heterocycles. The summed E-state index contributed by atoms with van der Waals surface area (Å²) < 4.78 is 5.45. The highest BCUT2D eigenvalue weighted by atomic mass is 16.4. The first-order valence-corrected chi connectivity index (χ1v) is 6.83. The van der Waals surface area contributed by atoms with Gasteiger partial charge in [0.15, 0.2) is 0 Å². The highest BCUT2D eigenvalue weighted by Crippen LogP contribution is 2.28. The molecule has 21 heavy (non-hydrogen) atoms. The second-order valence-corrected chi connectivity index (χ2v) is 5.24. The third-order valence-electron chi connectivity index (χ3n) is 3.77. The van der Waals surface area contributed by atoms with Gasteiger partial charge >= 0.3 is 5.63 Å². The minimum absolute atomic E-state index is 0.309. The molecular formula is C18H13NO2. The van der Waals surface area contributed by atoms with Crippen LogP contribution in [0, 0.1) is 6.92 Å². The Hall–Kier alpha value is -2.81. The Morgan fingerprint density at radius 1 is 1.00 bits per heavy atom. The number of aryl methyl sites for hydroxylation is 1. The molecule has 0 saturated carbocycles. The lowest BCUT2D eigenvalue weighted by molar-refractivity contribution is 0.563. The molecule has 0 bridgehead atoms. The number of fused-ring (bicyclic) bond motifs is 2. The number of H-pyrrole nitrogens is 1. The van der Waals surface area contributed by atoms with Gasteiger partial charge in [-0.15, -0.1) is 0 Å². The lowest BCUT2D eigenvalue weighted by Gasteiger charge is -2.02. The summed E-state index contributed by atoms with van der Waals surface area (Å²) in [5, 5.41) is 1.96. The molecule has 3 heteroatoms. The number of rotatable bonds is 1. The van der Waals surface area contributed by atoms with Crippen LogP contribution in [-0.4, -0.2) is 4.98 Å². The Morgan fingerprint density at radius 2 is 1.86 bits per heavy atom. The van der Waals surface area contributed by atoms with Gasteiger partial charge < -0.3 is 9.40 Å². The minimum atomic E-state index is -0.309. The van der Waals surface area contributed by atoms with Crippen LogP contribution in [0.3, 0.4) is 0 Å². The molecule has 0 unspecified atom stereocenters.